The van der Waals surface area contributed by atoms with Crippen LogP contribution in [0.25, 0.3) is 0 Å². The van der Waals surface area contributed by atoms with Gasteiger partial charge in [0, 0.05) is 23.7 Å². The van der Waals surface area contributed by atoms with Crippen molar-refractivity contribution >= 4 is 46.7 Å². The Morgan fingerprint density at radius 3 is 2.31 bits per heavy atom. The van der Waals surface area contributed by atoms with E-state index in [-0.39, 0.29) is 42.5 Å². The van der Waals surface area contributed by atoms with E-state index in [1.807, 2.05) is 25.1 Å². The Kier molecular flexibility index (Phi) is 5.97. The molecule has 2 aromatic carbocycles. The number of halogens is 1. The van der Waals surface area contributed by atoms with Crippen LogP contribution in [0.15, 0.2) is 48.6 Å². The lowest BCUT2D eigenvalue weighted by Crippen LogP contribution is -2.31. The SMILES string of the molecule is Cc1cc(OC(=O)[C@H]2CC(=O)N(c3cccc(Cl)c3C)C2)ccc1N1C(=O)[C@H]2CC=CC[C@H]2C1=O. The van der Waals surface area contributed by atoms with E-state index in [0.717, 1.165) is 5.56 Å². The number of esters is 1. The van der Waals surface area contributed by atoms with E-state index in [9.17, 15) is 19.2 Å². The highest BCUT2D eigenvalue weighted by molar-refractivity contribution is 6.31. The number of carbonyl (C=O) groups excluding carboxylic acids is 4. The van der Waals surface area contributed by atoms with Crippen LogP contribution in [-0.2, 0) is 19.2 Å². The first-order valence-electron chi connectivity index (χ1n) is 11.7. The van der Waals surface area contributed by atoms with Crippen LogP contribution in [0.5, 0.6) is 5.75 Å². The van der Waals surface area contributed by atoms with Gasteiger partial charge in [-0.2, -0.15) is 0 Å². The maximum Gasteiger partial charge on any atom is 0.316 e. The van der Waals surface area contributed by atoms with E-state index in [1.54, 1.807) is 42.2 Å². The average Bonchev–Trinajstić information content (AvgIpc) is 3.34. The van der Waals surface area contributed by atoms with Gasteiger partial charge in [-0.05, 0) is 68.1 Å². The topological polar surface area (TPSA) is 84.0 Å². The molecule has 2 aliphatic heterocycles. The predicted octanol–water partition coefficient (Wildman–Crippen LogP) is 4.37. The zero-order valence-corrected chi connectivity index (χ0v) is 20.2. The lowest BCUT2D eigenvalue weighted by atomic mass is 9.85. The van der Waals surface area contributed by atoms with E-state index >= 15 is 0 Å². The van der Waals surface area contributed by atoms with Crippen molar-refractivity contribution < 1.29 is 23.9 Å². The molecule has 7 nitrogen and oxygen atoms in total. The standard InChI is InChI=1S/C27H25ClN2O5/c1-15-12-18(10-11-22(15)30-25(32)19-6-3-4-7-20(19)26(30)33)35-27(34)17-13-24(31)29(14-17)23-9-5-8-21(28)16(23)2/h3-5,8-12,17,19-20H,6-7,13-14H2,1-2H3/t17-,19-,20+/m0/s1. The van der Waals surface area contributed by atoms with Gasteiger partial charge in [0.1, 0.15) is 5.75 Å². The molecule has 0 aromatic heterocycles. The molecule has 180 valence electrons. The number of imide groups is 1. The second kappa shape index (κ2) is 8.96. The summed E-state index contributed by atoms with van der Waals surface area (Å²) in [4.78, 5) is 54.1. The molecule has 2 fully saturated rings. The molecule has 0 N–H and O–H groups in total. The van der Waals surface area contributed by atoms with E-state index in [1.165, 1.54) is 4.90 Å². The van der Waals surface area contributed by atoms with Crippen molar-refractivity contribution in [2.24, 2.45) is 17.8 Å². The molecule has 2 saturated heterocycles. The summed E-state index contributed by atoms with van der Waals surface area (Å²) in [6.45, 7) is 3.82. The first-order chi connectivity index (χ1) is 16.8. The molecule has 0 spiro atoms. The third-order valence-electron chi connectivity index (χ3n) is 7.12. The Labute approximate surface area is 208 Å². The summed E-state index contributed by atoms with van der Waals surface area (Å²) < 4.78 is 5.59. The van der Waals surface area contributed by atoms with Crippen LogP contribution >= 0.6 is 11.6 Å². The van der Waals surface area contributed by atoms with Gasteiger partial charge in [0.25, 0.3) is 0 Å². The van der Waals surface area contributed by atoms with Gasteiger partial charge in [0.15, 0.2) is 0 Å². The molecule has 3 amide bonds. The average molecular weight is 493 g/mol. The number of anilines is 2. The van der Waals surface area contributed by atoms with E-state index in [0.29, 0.717) is 40.6 Å². The fraction of sp³-hybridized carbons (Fsp3) is 0.333. The number of aryl methyl sites for hydroxylation is 1. The number of nitrogens with zero attached hydrogens (tertiary/aromatic N) is 2. The van der Waals surface area contributed by atoms with Gasteiger partial charge in [-0.1, -0.05) is 29.8 Å². The first-order valence-corrected chi connectivity index (χ1v) is 12.0. The largest absolute Gasteiger partial charge is 0.426 e. The lowest BCUT2D eigenvalue weighted by Gasteiger charge is -2.20. The number of amides is 3. The van der Waals surface area contributed by atoms with E-state index < -0.39 is 11.9 Å². The summed E-state index contributed by atoms with van der Waals surface area (Å²) in [6.07, 6.45) is 5.11. The molecular weight excluding hydrogens is 468 g/mol. The number of hydrogen-bond donors (Lipinski definition) is 0. The number of hydrogen-bond acceptors (Lipinski definition) is 5. The van der Waals surface area contributed by atoms with Crippen LogP contribution in [0.4, 0.5) is 11.4 Å². The Bertz CT molecular complexity index is 1260. The van der Waals surface area contributed by atoms with Crippen molar-refractivity contribution in [3.05, 3.63) is 64.7 Å². The minimum Gasteiger partial charge on any atom is -0.426 e. The van der Waals surface area contributed by atoms with Crippen LogP contribution in [0.2, 0.25) is 5.02 Å². The Balaban J connectivity index is 1.29. The van der Waals surface area contributed by atoms with Crippen LogP contribution in [0.1, 0.15) is 30.4 Å². The highest BCUT2D eigenvalue weighted by Gasteiger charge is 2.48. The van der Waals surface area contributed by atoms with Crippen LogP contribution < -0.4 is 14.5 Å². The third kappa shape index (κ3) is 4.04. The molecule has 3 aliphatic rings. The highest BCUT2D eigenvalue weighted by Crippen LogP contribution is 2.39. The number of rotatable bonds is 4. The van der Waals surface area contributed by atoms with Gasteiger partial charge in [-0.25, -0.2) is 4.90 Å². The number of fused-ring (bicyclic) bond motifs is 1. The third-order valence-corrected chi connectivity index (χ3v) is 7.53. The van der Waals surface area contributed by atoms with Crippen LogP contribution in [0, 0.1) is 31.6 Å². The molecule has 8 heteroatoms. The Morgan fingerprint density at radius 2 is 1.66 bits per heavy atom. The first kappa shape index (κ1) is 23.3. The minimum atomic E-state index is -0.613. The van der Waals surface area contributed by atoms with Gasteiger partial charge in [-0.15, -0.1) is 0 Å². The fourth-order valence-electron chi connectivity index (χ4n) is 5.17. The Hall–Kier alpha value is -3.45. The zero-order valence-electron chi connectivity index (χ0n) is 19.5. The summed E-state index contributed by atoms with van der Waals surface area (Å²) >= 11 is 6.20. The fourth-order valence-corrected chi connectivity index (χ4v) is 5.34. The van der Waals surface area contributed by atoms with Crippen molar-refractivity contribution in [3.8, 4) is 5.75 Å². The molecule has 2 heterocycles. The van der Waals surface area contributed by atoms with E-state index in [2.05, 4.69) is 0 Å². The van der Waals surface area contributed by atoms with Crippen LogP contribution in [-0.4, -0.2) is 30.2 Å². The van der Waals surface area contributed by atoms with Crippen molar-refractivity contribution in [2.45, 2.75) is 33.1 Å². The van der Waals surface area contributed by atoms with Gasteiger partial charge in [0.2, 0.25) is 17.7 Å². The molecule has 1 aliphatic carbocycles. The molecule has 0 radical (unpaired) electrons. The molecule has 0 saturated carbocycles. The van der Waals surface area contributed by atoms with Crippen molar-refractivity contribution in [2.75, 3.05) is 16.3 Å². The van der Waals surface area contributed by atoms with Crippen molar-refractivity contribution in [1.29, 1.82) is 0 Å². The Morgan fingerprint density at radius 1 is 0.971 bits per heavy atom. The summed E-state index contributed by atoms with van der Waals surface area (Å²) in [5, 5.41) is 0.558. The number of benzene rings is 2. The van der Waals surface area contributed by atoms with Gasteiger partial charge in [-0.3, -0.25) is 19.2 Å². The summed E-state index contributed by atoms with van der Waals surface area (Å²) in [6, 6.07) is 10.2. The molecule has 3 atom stereocenters. The molecule has 0 bridgehead atoms. The maximum atomic E-state index is 12.9. The lowest BCUT2D eigenvalue weighted by molar-refractivity contribution is -0.139. The zero-order chi connectivity index (χ0) is 24.9. The minimum absolute atomic E-state index is 0.0510. The number of ether oxygens (including phenoxy) is 1. The predicted molar refractivity (Wildman–Crippen MR) is 131 cm³/mol. The highest BCUT2D eigenvalue weighted by atomic mass is 35.5. The van der Waals surface area contributed by atoms with Gasteiger partial charge < -0.3 is 9.64 Å². The molecular formula is C27H25ClN2O5. The summed E-state index contributed by atoms with van der Waals surface area (Å²) in [5.74, 6) is -1.96. The smallest absolute Gasteiger partial charge is 0.316 e. The molecule has 2 aromatic rings. The van der Waals surface area contributed by atoms with E-state index in [4.69, 9.17) is 16.3 Å². The molecule has 35 heavy (non-hydrogen) atoms. The maximum absolute atomic E-state index is 12.9. The normalized spacial score (nSPS) is 23.7. The quantitative estimate of drug-likeness (QED) is 0.274. The second-order valence-corrected chi connectivity index (χ2v) is 9.73. The molecule has 5 rings (SSSR count). The summed E-state index contributed by atoms with van der Waals surface area (Å²) in [7, 11) is 0. The molecule has 0 unspecified atom stereocenters. The van der Waals surface area contributed by atoms with Crippen LogP contribution in [0.3, 0.4) is 0 Å². The van der Waals surface area contributed by atoms with Crippen molar-refractivity contribution in [1.82, 2.24) is 0 Å². The number of allylic oxidation sites excluding steroid dienone is 2. The van der Waals surface area contributed by atoms with Crippen molar-refractivity contribution in [3.63, 3.8) is 0 Å². The van der Waals surface area contributed by atoms with Gasteiger partial charge >= 0.3 is 5.97 Å². The summed E-state index contributed by atoms with van der Waals surface area (Å²) in [5.41, 5.74) is 2.63. The number of carbonyl (C=O) groups is 4. The monoisotopic (exact) mass is 492 g/mol. The van der Waals surface area contributed by atoms with Gasteiger partial charge in [0.05, 0.1) is 23.4 Å². The second-order valence-electron chi connectivity index (χ2n) is 9.33.